The third kappa shape index (κ3) is 4.33. The molecule has 1 aromatic rings. The number of hydrogen-bond donors (Lipinski definition) is 1. The van der Waals surface area contributed by atoms with Crippen LogP contribution >= 0.6 is 0 Å². The summed E-state index contributed by atoms with van der Waals surface area (Å²) in [5.74, 6) is -1.58. The Morgan fingerprint density at radius 3 is 2.05 bits per heavy atom. The van der Waals surface area contributed by atoms with E-state index in [9.17, 15) is 30.7 Å². The van der Waals surface area contributed by atoms with Gasteiger partial charge in [0.1, 0.15) is 5.82 Å². The number of alkyl halides is 6. The molecule has 1 rings (SSSR count). The quantitative estimate of drug-likeness (QED) is 0.772. The van der Waals surface area contributed by atoms with E-state index in [0.29, 0.717) is 12.8 Å². The molecule has 1 nitrogen and oxygen atoms in total. The Hall–Kier alpha value is -1.31. The Kier molecular flexibility index (Phi) is 5.25. The van der Waals surface area contributed by atoms with Crippen LogP contribution in [-0.4, -0.2) is 0 Å². The molecule has 2 N–H and O–H groups in total. The lowest BCUT2D eigenvalue weighted by Crippen LogP contribution is -2.21. The second kappa shape index (κ2) is 6.21. The highest BCUT2D eigenvalue weighted by molar-refractivity contribution is 5.38. The van der Waals surface area contributed by atoms with Crippen LogP contribution in [0.5, 0.6) is 0 Å². The molecule has 1 aromatic carbocycles. The number of unbranched alkanes of at least 4 members (excludes halogenated alkanes) is 1. The second-order valence-electron chi connectivity index (χ2n) is 4.66. The van der Waals surface area contributed by atoms with E-state index in [1.807, 2.05) is 0 Å². The van der Waals surface area contributed by atoms with Crippen molar-refractivity contribution in [3.8, 4) is 0 Å². The second-order valence-corrected chi connectivity index (χ2v) is 4.66. The van der Waals surface area contributed by atoms with Gasteiger partial charge in [-0.3, -0.25) is 0 Å². The maximum absolute atomic E-state index is 13.8. The van der Waals surface area contributed by atoms with Gasteiger partial charge < -0.3 is 5.73 Å². The molecule has 0 bridgehead atoms. The SMILES string of the molecule is CCCC[C@H](N)c1c(F)cc(C(F)(F)F)cc1C(F)(F)F. The molecule has 120 valence electrons. The van der Waals surface area contributed by atoms with Crippen LogP contribution in [0.4, 0.5) is 30.7 Å². The van der Waals surface area contributed by atoms with Crippen LogP contribution in [0, 0.1) is 5.82 Å². The first-order valence-corrected chi connectivity index (χ1v) is 6.21. The zero-order chi connectivity index (χ0) is 16.4. The lowest BCUT2D eigenvalue weighted by atomic mass is 9.94. The van der Waals surface area contributed by atoms with Gasteiger partial charge in [-0.05, 0) is 18.6 Å². The fourth-order valence-electron chi connectivity index (χ4n) is 1.96. The molecule has 0 saturated carbocycles. The lowest BCUT2D eigenvalue weighted by molar-refractivity contribution is -0.144. The van der Waals surface area contributed by atoms with E-state index in [1.54, 1.807) is 6.92 Å². The molecule has 0 aromatic heterocycles. The standard InChI is InChI=1S/C13H14F7N/c1-2-3-4-10(21)11-8(13(18,19)20)5-7(6-9(11)14)12(15,16)17/h5-6,10H,2-4,21H2,1H3/t10-/m0/s1. The molecule has 0 radical (unpaired) electrons. The van der Waals surface area contributed by atoms with E-state index >= 15 is 0 Å². The molecule has 0 spiro atoms. The van der Waals surface area contributed by atoms with Crippen molar-refractivity contribution in [1.82, 2.24) is 0 Å². The summed E-state index contributed by atoms with van der Waals surface area (Å²) in [6, 6.07) is -1.34. The maximum Gasteiger partial charge on any atom is 0.416 e. The number of halogens is 7. The van der Waals surface area contributed by atoms with Crippen molar-refractivity contribution < 1.29 is 30.7 Å². The average molecular weight is 317 g/mol. The van der Waals surface area contributed by atoms with Gasteiger partial charge in [-0.15, -0.1) is 0 Å². The Morgan fingerprint density at radius 2 is 1.62 bits per heavy atom. The number of rotatable bonds is 4. The molecule has 0 heterocycles. The highest BCUT2D eigenvalue weighted by Gasteiger charge is 2.40. The minimum atomic E-state index is -5.11. The van der Waals surface area contributed by atoms with Crippen LogP contribution in [0.2, 0.25) is 0 Å². The van der Waals surface area contributed by atoms with Gasteiger partial charge in [0.05, 0.1) is 11.1 Å². The van der Waals surface area contributed by atoms with Crippen LogP contribution in [-0.2, 0) is 12.4 Å². The van der Waals surface area contributed by atoms with Gasteiger partial charge in [0, 0.05) is 11.6 Å². The summed E-state index contributed by atoms with van der Waals surface area (Å²) in [5, 5.41) is 0. The van der Waals surface area contributed by atoms with Crippen molar-refractivity contribution in [1.29, 1.82) is 0 Å². The van der Waals surface area contributed by atoms with E-state index < -0.39 is 40.9 Å². The van der Waals surface area contributed by atoms with Crippen molar-refractivity contribution in [3.63, 3.8) is 0 Å². The average Bonchev–Trinajstić information content (AvgIpc) is 2.32. The first kappa shape index (κ1) is 17.7. The third-order valence-electron chi connectivity index (χ3n) is 3.00. The van der Waals surface area contributed by atoms with Crippen LogP contribution in [0.3, 0.4) is 0 Å². The largest absolute Gasteiger partial charge is 0.416 e. The van der Waals surface area contributed by atoms with Gasteiger partial charge in [-0.2, -0.15) is 26.3 Å². The zero-order valence-electron chi connectivity index (χ0n) is 11.1. The molecular weight excluding hydrogens is 303 g/mol. The van der Waals surface area contributed by atoms with Crippen molar-refractivity contribution in [2.45, 2.75) is 44.6 Å². The van der Waals surface area contributed by atoms with Gasteiger partial charge in [-0.1, -0.05) is 19.8 Å². The van der Waals surface area contributed by atoms with Crippen LogP contribution in [0.1, 0.15) is 48.9 Å². The van der Waals surface area contributed by atoms with E-state index in [1.165, 1.54) is 0 Å². The summed E-state index contributed by atoms with van der Waals surface area (Å²) >= 11 is 0. The van der Waals surface area contributed by atoms with Gasteiger partial charge >= 0.3 is 12.4 Å². The number of hydrogen-bond acceptors (Lipinski definition) is 1. The Labute approximate surface area is 116 Å². The lowest BCUT2D eigenvalue weighted by Gasteiger charge is -2.21. The molecule has 0 unspecified atom stereocenters. The molecule has 0 aliphatic heterocycles. The summed E-state index contributed by atoms with van der Waals surface area (Å²) in [7, 11) is 0. The molecule has 1 atom stereocenters. The molecule has 0 amide bonds. The summed E-state index contributed by atoms with van der Waals surface area (Å²) in [5.41, 5.74) is 1.25. The van der Waals surface area contributed by atoms with Crippen LogP contribution < -0.4 is 5.73 Å². The fraction of sp³-hybridized carbons (Fsp3) is 0.538. The van der Waals surface area contributed by atoms with Crippen molar-refractivity contribution in [2.75, 3.05) is 0 Å². The number of nitrogens with two attached hydrogens (primary N) is 1. The molecule has 0 fully saturated rings. The van der Waals surface area contributed by atoms with Crippen LogP contribution in [0.15, 0.2) is 12.1 Å². The summed E-state index contributed by atoms with van der Waals surface area (Å²) < 4.78 is 90.0. The first-order valence-electron chi connectivity index (χ1n) is 6.21. The molecule has 0 aliphatic carbocycles. The Morgan fingerprint density at radius 1 is 1.05 bits per heavy atom. The van der Waals surface area contributed by atoms with Crippen LogP contribution in [0.25, 0.3) is 0 Å². The molecule has 21 heavy (non-hydrogen) atoms. The maximum atomic E-state index is 13.8. The highest BCUT2D eigenvalue weighted by atomic mass is 19.4. The summed E-state index contributed by atoms with van der Waals surface area (Å²) in [6.07, 6.45) is -9.05. The van der Waals surface area contributed by atoms with Crippen molar-refractivity contribution in [3.05, 3.63) is 34.6 Å². The predicted molar refractivity (Wildman–Crippen MR) is 62.9 cm³/mol. The first-order chi connectivity index (χ1) is 9.48. The molecular formula is C13H14F7N. The van der Waals surface area contributed by atoms with E-state index in [4.69, 9.17) is 5.73 Å². The monoisotopic (exact) mass is 317 g/mol. The molecule has 0 aliphatic rings. The molecule has 8 heteroatoms. The predicted octanol–water partition coefficient (Wildman–Crippen LogP) is 5.05. The molecule has 0 saturated heterocycles. The highest BCUT2D eigenvalue weighted by Crippen LogP contribution is 2.40. The van der Waals surface area contributed by atoms with Crippen molar-refractivity contribution in [2.24, 2.45) is 5.73 Å². The van der Waals surface area contributed by atoms with Gasteiger partial charge in [0.25, 0.3) is 0 Å². The Balaban J connectivity index is 3.42. The third-order valence-corrected chi connectivity index (χ3v) is 3.00. The minimum Gasteiger partial charge on any atom is -0.324 e. The van der Waals surface area contributed by atoms with Gasteiger partial charge in [-0.25, -0.2) is 4.39 Å². The zero-order valence-corrected chi connectivity index (χ0v) is 11.1. The van der Waals surface area contributed by atoms with E-state index in [-0.39, 0.29) is 18.6 Å². The fourth-order valence-corrected chi connectivity index (χ4v) is 1.96. The topological polar surface area (TPSA) is 26.0 Å². The van der Waals surface area contributed by atoms with Gasteiger partial charge in [0.15, 0.2) is 0 Å². The van der Waals surface area contributed by atoms with Gasteiger partial charge in [0.2, 0.25) is 0 Å². The summed E-state index contributed by atoms with van der Waals surface area (Å²) in [4.78, 5) is 0. The minimum absolute atomic E-state index is 0.0520. The number of benzene rings is 1. The summed E-state index contributed by atoms with van der Waals surface area (Å²) in [6.45, 7) is 1.76. The smallest absolute Gasteiger partial charge is 0.324 e. The van der Waals surface area contributed by atoms with Crippen molar-refractivity contribution >= 4 is 0 Å². The Bertz CT molecular complexity index is 491. The van der Waals surface area contributed by atoms with E-state index in [2.05, 4.69) is 0 Å². The normalized spacial score (nSPS) is 14.3. The van der Waals surface area contributed by atoms with E-state index in [0.717, 1.165) is 0 Å².